The van der Waals surface area contributed by atoms with Crippen LogP contribution in [0.25, 0.3) is 0 Å². The summed E-state index contributed by atoms with van der Waals surface area (Å²) in [6.45, 7) is 0.491. The second kappa shape index (κ2) is 5.61. The number of amides is 2. The lowest BCUT2D eigenvalue weighted by Crippen LogP contribution is -2.55. The van der Waals surface area contributed by atoms with Gasteiger partial charge in [-0.25, -0.2) is 9.59 Å². The molecule has 0 atom stereocenters. The van der Waals surface area contributed by atoms with E-state index in [0.29, 0.717) is 19.4 Å². The van der Waals surface area contributed by atoms with Crippen LogP contribution in [0.15, 0.2) is 16.8 Å². The molecule has 2 rings (SSSR count). The van der Waals surface area contributed by atoms with E-state index in [1.807, 2.05) is 16.8 Å². The van der Waals surface area contributed by atoms with Crippen LogP contribution >= 0.6 is 11.3 Å². The van der Waals surface area contributed by atoms with E-state index in [-0.39, 0.29) is 6.03 Å². The first-order valence-corrected chi connectivity index (χ1v) is 7.25. The molecule has 2 amide bonds. The molecular weight excluding hydrogens is 264 g/mol. The van der Waals surface area contributed by atoms with E-state index in [9.17, 15) is 14.7 Å². The van der Waals surface area contributed by atoms with Crippen molar-refractivity contribution >= 4 is 23.3 Å². The van der Waals surface area contributed by atoms with E-state index in [0.717, 1.165) is 18.4 Å². The number of thiophene rings is 1. The van der Waals surface area contributed by atoms with Gasteiger partial charge in [-0.2, -0.15) is 11.3 Å². The maximum Gasteiger partial charge on any atom is 0.329 e. The van der Waals surface area contributed by atoms with Gasteiger partial charge >= 0.3 is 12.0 Å². The number of urea groups is 1. The molecule has 1 aliphatic carbocycles. The Morgan fingerprint density at radius 3 is 2.68 bits per heavy atom. The Labute approximate surface area is 116 Å². The fourth-order valence-electron chi connectivity index (χ4n) is 2.40. The number of hydrogen-bond acceptors (Lipinski definition) is 3. The molecule has 1 heterocycles. The largest absolute Gasteiger partial charge is 0.480 e. The first kappa shape index (κ1) is 13.9. The highest BCUT2D eigenvalue weighted by Crippen LogP contribution is 2.30. The normalized spacial score (nSPS) is 17.1. The Balaban J connectivity index is 1.97. The summed E-state index contributed by atoms with van der Waals surface area (Å²) in [5.74, 6) is -0.928. The third kappa shape index (κ3) is 3.07. The molecule has 0 aliphatic heterocycles. The number of carbonyl (C=O) groups excluding carboxylic acids is 1. The zero-order valence-corrected chi connectivity index (χ0v) is 11.7. The zero-order valence-electron chi connectivity index (χ0n) is 10.9. The molecular formula is C13H18N2O3S. The Kier molecular flexibility index (Phi) is 4.09. The maximum absolute atomic E-state index is 12.1. The lowest BCUT2D eigenvalue weighted by molar-refractivity contribution is -0.144. The Morgan fingerprint density at radius 2 is 2.16 bits per heavy atom. The highest BCUT2D eigenvalue weighted by molar-refractivity contribution is 7.07. The van der Waals surface area contributed by atoms with Crippen molar-refractivity contribution in [1.82, 2.24) is 10.2 Å². The summed E-state index contributed by atoms with van der Waals surface area (Å²) in [6.07, 6.45) is 2.72. The Hall–Kier alpha value is -1.56. The zero-order chi connectivity index (χ0) is 13.9. The molecule has 19 heavy (non-hydrogen) atoms. The number of carbonyl (C=O) groups is 2. The lowest BCUT2D eigenvalue weighted by Gasteiger charge is -2.28. The van der Waals surface area contributed by atoms with Crippen LogP contribution in [0.1, 0.15) is 31.2 Å². The van der Waals surface area contributed by atoms with Gasteiger partial charge in [0.15, 0.2) is 0 Å². The third-order valence-corrected chi connectivity index (χ3v) is 4.29. The standard InChI is InChI=1S/C13H18N2O3S/c1-15(8-10-4-7-19-9-10)12(18)14-13(11(16)17)5-2-3-6-13/h4,7,9H,2-3,5-6,8H2,1H3,(H,14,18)(H,16,17). The lowest BCUT2D eigenvalue weighted by atomic mass is 9.98. The molecule has 1 saturated carbocycles. The number of rotatable bonds is 4. The highest BCUT2D eigenvalue weighted by atomic mass is 32.1. The minimum Gasteiger partial charge on any atom is -0.480 e. The van der Waals surface area contributed by atoms with Crippen molar-refractivity contribution < 1.29 is 14.7 Å². The molecule has 1 aliphatic rings. The molecule has 0 radical (unpaired) electrons. The van der Waals surface area contributed by atoms with Crippen molar-refractivity contribution in [2.45, 2.75) is 37.8 Å². The summed E-state index contributed by atoms with van der Waals surface area (Å²) in [5, 5.41) is 15.9. The van der Waals surface area contributed by atoms with Gasteiger partial charge in [-0.1, -0.05) is 12.8 Å². The van der Waals surface area contributed by atoms with E-state index in [1.54, 1.807) is 18.4 Å². The molecule has 0 bridgehead atoms. The van der Waals surface area contributed by atoms with Gasteiger partial charge < -0.3 is 15.3 Å². The van der Waals surface area contributed by atoms with E-state index < -0.39 is 11.5 Å². The van der Waals surface area contributed by atoms with Crippen molar-refractivity contribution in [3.8, 4) is 0 Å². The molecule has 5 nitrogen and oxygen atoms in total. The van der Waals surface area contributed by atoms with Crippen LogP contribution in [0, 0.1) is 0 Å². The summed E-state index contributed by atoms with van der Waals surface area (Å²) in [5.41, 5.74) is -0.0153. The number of carboxylic acid groups (broad SMARTS) is 1. The Morgan fingerprint density at radius 1 is 1.47 bits per heavy atom. The molecule has 2 N–H and O–H groups in total. The van der Waals surface area contributed by atoms with Crippen LogP contribution in [0.5, 0.6) is 0 Å². The highest BCUT2D eigenvalue weighted by Gasteiger charge is 2.43. The second-order valence-corrected chi connectivity index (χ2v) is 5.79. The van der Waals surface area contributed by atoms with E-state index in [4.69, 9.17) is 0 Å². The second-order valence-electron chi connectivity index (χ2n) is 5.01. The van der Waals surface area contributed by atoms with Crippen LogP contribution in [-0.4, -0.2) is 34.6 Å². The number of nitrogens with zero attached hydrogens (tertiary/aromatic N) is 1. The fraction of sp³-hybridized carbons (Fsp3) is 0.538. The molecule has 0 aromatic carbocycles. The smallest absolute Gasteiger partial charge is 0.329 e. The van der Waals surface area contributed by atoms with Gasteiger partial charge in [-0.3, -0.25) is 0 Å². The molecule has 1 aromatic rings. The van der Waals surface area contributed by atoms with E-state index in [2.05, 4.69) is 5.32 Å². The predicted molar refractivity (Wildman–Crippen MR) is 73.2 cm³/mol. The van der Waals surface area contributed by atoms with Crippen molar-refractivity contribution in [3.63, 3.8) is 0 Å². The van der Waals surface area contributed by atoms with Gasteiger partial charge in [-0.05, 0) is 35.2 Å². The molecule has 1 aromatic heterocycles. The summed E-state index contributed by atoms with van der Waals surface area (Å²) >= 11 is 1.58. The van der Waals surface area contributed by atoms with Crippen LogP contribution in [0.2, 0.25) is 0 Å². The fourth-order valence-corrected chi connectivity index (χ4v) is 3.06. The molecule has 0 saturated heterocycles. The van der Waals surface area contributed by atoms with Crippen molar-refractivity contribution in [2.75, 3.05) is 7.05 Å². The van der Waals surface area contributed by atoms with Gasteiger partial charge in [0.05, 0.1) is 0 Å². The number of aliphatic carboxylic acids is 1. The van der Waals surface area contributed by atoms with Crippen molar-refractivity contribution in [2.24, 2.45) is 0 Å². The summed E-state index contributed by atoms with van der Waals surface area (Å²) in [4.78, 5) is 25.0. The topological polar surface area (TPSA) is 69.6 Å². The van der Waals surface area contributed by atoms with E-state index in [1.165, 1.54) is 4.90 Å². The maximum atomic E-state index is 12.1. The minimum atomic E-state index is -1.07. The van der Waals surface area contributed by atoms with Gasteiger partial charge in [0.25, 0.3) is 0 Å². The summed E-state index contributed by atoms with van der Waals surface area (Å²) in [6, 6.07) is 1.63. The molecule has 104 valence electrons. The quantitative estimate of drug-likeness (QED) is 0.890. The minimum absolute atomic E-state index is 0.324. The Bertz CT molecular complexity index is 452. The SMILES string of the molecule is CN(Cc1ccsc1)C(=O)NC1(C(=O)O)CCCC1. The number of carboxylic acids is 1. The summed E-state index contributed by atoms with van der Waals surface area (Å²) in [7, 11) is 1.68. The van der Waals surface area contributed by atoms with Crippen LogP contribution < -0.4 is 5.32 Å². The van der Waals surface area contributed by atoms with Gasteiger partial charge in [0, 0.05) is 13.6 Å². The molecule has 0 unspecified atom stereocenters. The molecule has 0 spiro atoms. The monoisotopic (exact) mass is 282 g/mol. The summed E-state index contributed by atoms with van der Waals surface area (Å²) < 4.78 is 0. The van der Waals surface area contributed by atoms with Gasteiger partial charge in [0.1, 0.15) is 5.54 Å². The third-order valence-electron chi connectivity index (χ3n) is 3.56. The van der Waals surface area contributed by atoms with E-state index >= 15 is 0 Å². The first-order chi connectivity index (χ1) is 9.03. The molecule has 6 heteroatoms. The van der Waals surface area contributed by atoms with Gasteiger partial charge in [-0.15, -0.1) is 0 Å². The number of hydrogen-bond donors (Lipinski definition) is 2. The first-order valence-electron chi connectivity index (χ1n) is 6.31. The van der Waals surface area contributed by atoms with Crippen molar-refractivity contribution in [3.05, 3.63) is 22.4 Å². The van der Waals surface area contributed by atoms with Crippen LogP contribution in [-0.2, 0) is 11.3 Å². The van der Waals surface area contributed by atoms with Gasteiger partial charge in [0.2, 0.25) is 0 Å². The van der Waals surface area contributed by atoms with Crippen molar-refractivity contribution in [1.29, 1.82) is 0 Å². The predicted octanol–water partition coefficient (Wildman–Crippen LogP) is 2.29. The van der Waals surface area contributed by atoms with Crippen LogP contribution in [0.4, 0.5) is 4.79 Å². The van der Waals surface area contributed by atoms with Crippen LogP contribution in [0.3, 0.4) is 0 Å². The average molecular weight is 282 g/mol. The average Bonchev–Trinajstić information content (AvgIpc) is 3.00. The number of nitrogens with one attached hydrogen (secondary N) is 1. The molecule has 1 fully saturated rings.